The first-order valence-corrected chi connectivity index (χ1v) is 16.9. The van der Waals surface area contributed by atoms with Crippen molar-refractivity contribution in [2.45, 2.75) is 102 Å². The monoisotopic (exact) mass is 631 g/mol. The third-order valence-corrected chi connectivity index (χ3v) is 8.96. The van der Waals surface area contributed by atoms with Crippen molar-refractivity contribution in [1.29, 1.82) is 0 Å². The Morgan fingerprint density at radius 1 is 1.13 bits per heavy atom. The van der Waals surface area contributed by atoms with Gasteiger partial charge in [-0.05, 0) is 70.1 Å². The number of amides is 2. The van der Waals surface area contributed by atoms with Crippen molar-refractivity contribution in [3.8, 4) is 0 Å². The molecule has 1 aromatic heterocycles. The van der Waals surface area contributed by atoms with Crippen molar-refractivity contribution in [3.63, 3.8) is 0 Å². The molecular formula is C36H50BN3O4S. The molecule has 2 heterocycles. The van der Waals surface area contributed by atoms with Crippen molar-refractivity contribution in [2.75, 3.05) is 26.8 Å². The lowest BCUT2D eigenvalue weighted by molar-refractivity contribution is -0.132. The third kappa shape index (κ3) is 9.55. The van der Waals surface area contributed by atoms with Crippen molar-refractivity contribution in [2.24, 2.45) is 0 Å². The molecule has 0 saturated carbocycles. The highest BCUT2D eigenvalue weighted by molar-refractivity contribution is 7.80. The molecule has 0 bridgehead atoms. The minimum atomic E-state index is -0.637. The van der Waals surface area contributed by atoms with Crippen LogP contribution in [-0.4, -0.2) is 67.8 Å². The van der Waals surface area contributed by atoms with E-state index in [-0.39, 0.29) is 23.5 Å². The molecule has 2 aromatic carbocycles. The van der Waals surface area contributed by atoms with Gasteiger partial charge in [-0.2, -0.15) is 12.6 Å². The summed E-state index contributed by atoms with van der Waals surface area (Å²) in [6.07, 6.45) is 5.03. The van der Waals surface area contributed by atoms with Gasteiger partial charge in [0.1, 0.15) is 13.4 Å². The van der Waals surface area contributed by atoms with Gasteiger partial charge in [0.05, 0.1) is 0 Å². The number of carbonyl (C=O) groups is 2. The van der Waals surface area contributed by atoms with Crippen LogP contribution >= 0.6 is 12.6 Å². The number of methoxy groups -OCH3 is 1. The Morgan fingerprint density at radius 3 is 2.56 bits per heavy atom. The van der Waals surface area contributed by atoms with Crippen molar-refractivity contribution in [1.82, 2.24) is 14.8 Å². The summed E-state index contributed by atoms with van der Waals surface area (Å²) in [4.78, 5) is 28.8. The average molecular weight is 632 g/mol. The van der Waals surface area contributed by atoms with E-state index < -0.39 is 17.7 Å². The summed E-state index contributed by atoms with van der Waals surface area (Å²) in [6.45, 7) is 10.6. The highest BCUT2D eigenvalue weighted by atomic mass is 32.1. The van der Waals surface area contributed by atoms with Crippen molar-refractivity contribution in [3.05, 3.63) is 65.4 Å². The Balaban J connectivity index is 1.60. The van der Waals surface area contributed by atoms with E-state index in [1.165, 1.54) is 22.2 Å². The highest BCUT2D eigenvalue weighted by Crippen LogP contribution is 2.42. The number of rotatable bonds is 13. The van der Waals surface area contributed by atoms with Crippen molar-refractivity contribution < 1.29 is 19.1 Å². The van der Waals surface area contributed by atoms with Crippen LogP contribution in [-0.2, 0) is 27.2 Å². The Morgan fingerprint density at radius 2 is 1.87 bits per heavy atom. The summed E-state index contributed by atoms with van der Waals surface area (Å²) < 4.78 is 13.4. The van der Waals surface area contributed by atoms with E-state index >= 15 is 0 Å². The molecule has 0 aliphatic carbocycles. The zero-order valence-corrected chi connectivity index (χ0v) is 28.6. The van der Waals surface area contributed by atoms with Crippen LogP contribution in [0.5, 0.6) is 0 Å². The minimum absolute atomic E-state index is 0.0378. The van der Waals surface area contributed by atoms with Crippen LogP contribution in [0.25, 0.3) is 10.9 Å². The van der Waals surface area contributed by atoms with Crippen LogP contribution in [0.3, 0.4) is 0 Å². The number of ether oxygens (including phenoxy) is 2. The first-order valence-electron chi connectivity index (χ1n) is 16.4. The Bertz CT molecular complexity index is 1420. The van der Waals surface area contributed by atoms with Gasteiger partial charge in [0, 0.05) is 73.6 Å². The molecular weight excluding hydrogens is 581 g/mol. The van der Waals surface area contributed by atoms with E-state index in [0.29, 0.717) is 31.6 Å². The topological polar surface area (TPSA) is 72.8 Å². The molecule has 2 amide bonds. The number of aromatic nitrogens is 1. The zero-order chi connectivity index (χ0) is 32.6. The van der Waals surface area contributed by atoms with E-state index in [1.54, 1.807) is 7.11 Å². The molecule has 2 unspecified atom stereocenters. The fourth-order valence-electron chi connectivity index (χ4n) is 6.52. The zero-order valence-electron chi connectivity index (χ0n) is 27.7. The highest BCUT2D eigenvalue weighted by Gasteiger charge is 2.33. The number of alkyl carbamates (subject to hydrolysis) is 1. The lowest BCUT2D eigenvalue weighted by Gasteiger charge is -2.35. The molecule has 1 N–H and O–H groups in total. The Hall–Kier alpha value is -2.91. The number of carbonyl (C=O) groups excluding carboxylic acids is 2. The maximum Gasteiger partial charge on any atom is 0.407 e. The van der Waals surface area contributed by atoms with E-state index in [0.717, 1.165) is 44.2 Å². The largest absolute Gasteiger partial charge is 0.444 e. The van der Waals surface area contributed by atoms with Gasteiger partial charge in [-0.1, -0.05) is 61.3 Å². The molecule has 1 fully saturated rings. The fourth-order valence-corrected chi connectivity index (χ4v) is 7.05. The van der Waals surface area contributed by atoms with Gasteiger partial charge in [0.15, 0.2) is 0 Å². The first-order chi connectivity index (χ1) is 21.5. The second-order valence-corrected chi connectivity index (χ2v) is 13.9. The number of fused-ring (bicyclic) bond motifs is 1. The lowest BCUT2D eigenvalue weighted by Crippen LogP contribution is -2.46. The number of nitrogens with one attached hydrogen (secondary N) is 1. The summed E-state index contributed by atoms with van der Waals surface area (Å²) in [5.74, 6) is 0.226. The Labute approximate surface area is 276 Å². The molecule has 3 aromatic rings. The van der Waals surface area contributed by atoms with Crippen LogP contribution < -0.4 is 10.8 Å². The van der Waals surface area contributed by atoms with Crippen LogP contribution in [0.2, 0.25) is 0 Å². The number of hydrogen-bond donors (Lipinski definition) is 2. The maximum atomic E-state index is 14.0. The summed E-state index contributed by atoms with van der Waals surface area (Å²) in [6, 6.07) is 15.8. The van der Waals surface area contributed by atoms with E-state index in [9.17, 15) is 9.59 Å². The van der Waals surface area contributed by atoms with E-state index in [1.807, 2.05) is 49.9 Å². The molecule has 0 spiro atoms. The van der Waals surface area contributed by atoms with E-state index in [4.69, 9.17) is 29.9 Å². The predicted molar refractivity (Wildman–Crippen MR) is 187 cm³/mol. The maximum absolute atomic E-state index is 14.0. The van der Waals surface area contributed by atoms with Gasteiger partial charge in [0.25, 0.3) is 0 Å². The third-order valence-electron chi connectivity index (χ3n) is 8.44. The van der Waals surface area contributed by atoms with Crippen molar-refractivity contribution >= 4 is 48.8 Å². The average Bonchev–Trinajstić information content (AvgIpc) is 3.32. The molecule has 1 aliphatic heterocycles. The van der Waals surface area contributed by atoms with Gasteiger partial charge in [0.2, 0.25) is 5.91 Å². The number of likely N-dealkylation sites (tertiary alicyclic amines) is 1. The second-order valence-electron chi connectivity index (χ2n) is 13.3. The first kappa shape index (κ1) is 35.0. The molecule has 45 heavy (non-hydrogen) atoms. The number of aryl methyl sites for hydroxylation is 1. The molecule has 2 radical (unpaired) electrons. The lowest BCUT2D eigenvalue weighted by atomic mass is 9.89. The van der Waals surface area contributed by atoms with Crippen LogP contribution in [0.4, 0.5) is 4.79 Å². The normalized spacial score (nSPS) is 16.8. The minimum Gasteiger partial charge on any atom is -0.444 e. The standard InChI is InChI=1S/C36H50BN3O4S/c1-6-11-31(45)33-29-13-7-8-14-30(29)40(20-10-21-43-5)34(33)26-12-9-19-39(24-26)32(41)23-28(38-35(42)44-36(2,3)4)22-25-15-17-27(37)18-16-25/h7-8,13-18,26,28,31,45H,6,9-12,19-24H2,1-5H3,(H,38,42)/t26?,28-,31?/m1/s1. The van der Waals surface area contributed by atoms with Crippen LogP contribution in [0.1, 0.15) is 94.2 Å². The molecule has 7 nitrogen and oxygen atoms in total. The molecule has 9 heteroatoms. The number of hydrogen-bond acceptors (Lipinski definition) is 5. The number of nitrogens with zero attached hydrogens (tertiary/aromatic N) is 2. The summed E-state index contributed by atoms with van der Waals surface area (Å²) in [5, 5.41) is 4.35. The molecule has 3 atom stereocenters. The van der Waals surface area contributed by atoms with Gasteiger partial charge >= 0.3 is 6.09 Å². The van der Waals surface area contributed by atoms with E-state index in [2.05, 4.69) is 41.1 Å². The number of piperidine rings is 1. The predicted octanol–water partition coefficient (Wildman–Crippen LogP) is 6.47. The second kappa shape index (κ2) is 16.1. The number of thiol groups is 1. The number of para-hydroxylation sites is 1. The van der Waals surface area contributed by atoms with Gasteiger partial charge in [-0.15, -0.1) is 0 Å². The van der Waals surface area contributed by atoms with Gasteiger partial charge < -0.3 is 24.3 Å². The van der Waals surface area contributed by atoms with Crippen LogP contribution in [0.15, 0.2) is 48.5 Å². The molecule has 1 aliphatic rings. The smallest absolute Gasteiger partial charge is 0.407 e. The Kier molecular flexibility index (Phi) is 12.5. The molecule has 1 saturated heterocycles. The SMILES string of the molecule is [B]c1ccc(C[C@H](CC(=O)N2CCCC(c3c(C(S)CCC)c4ccccc4n3CCCOC)C2)NC(=O)OC(C)(C)C)cc1. The summed E-state index contributed by atoms with van der Waals surface area (Å²) >= 11 is 5.13. The summed E-state index contributed by atoms with van der Waals surface area (Å²) in [7, 11) is 7.64. The molecule has 242 valence electrons. The van der Waals surface area contributed by atoms with Gasteiger partial charge in [-0.3, -0.25) is 4.79 Å². The van der Waals surface area contributed by atoms with Gasteiger partial charge in [-0.25, -0.2) is 4.79 Å². The number of benzene rings is 2. The molecule has 4 rings (SSSR count). The fraction of sp³-hybridized carbons (Fsp3) is 0.556. The van der Waals surface area contributed by atoms with Crippen LogP contribution in [0, 0.1) is 0 Å². The summed E-state index contributed by atoms with van der Waals surface area (Å²) in [5.41, 5.74) is 4.87. The quantitative estimate of drug-likeness (QED) is 0.129.